The van der Waals surface area contributed by atoms with Gasteiger partial charge in [0.2, 0.25) is 0 Å². The molecule has 0 spiro atoms. The summed E-state index contributed by atoms with van der Waals surface area (Å²) in [4.78, 5) is 4.30. The van der Waals surface area contributed by atoms with Gasteiger partial charge in [0, 0.05) is 18.7 Å². The quantitative estimate of drug-likeness (QED) is 0.871. The molecule has 1 aromatic heterocycles. The van der Waals surface area contributed by atoms with Crippen LogP contribution in [0.15, 0.2) is 18.3 Å². The van der Waals surface area contributed by atoms with Crippen molar-refractivity contribution in [2.75, 3.05) is 25.1 Å². The Morgan fingerprint density at radius 3 is 2.65 bits per heavy atom. The highest BCUT2D eigenvalue weighted by atomic mass is 16.5. The summed E-state index contributed by atoms with van der Waals surface area (Å²) in [5, 5.41) is 3.35. The van der Waals surface area contributed by atoms with Gasteiger partial charge in [-0.2, -0.15) is 0 Å². The Morgan fingerprint density at radius 1 is 1.41 bits per heavy atom. The molecule has 3 heteroatoms. The van der Waals surface area contributed by atoms with Crippen molar-refractivity contribution in [3.05, 3.63) is 23.9 Å². The second-order valence-electron chi connectivity index (χ2n) is 4.41. The average Bonchev–Trinajstić information content (AvgIpc) is 2.30. The maximum atomic E-state index is 5.12. The van der Waals surface area contributed by atoms with Crippen LogP contribution in [0.1, 0.15) is 39.2 Å². The number of nitrogens with zero attached hydrogens (tertiary/aromatic N) is 1. The fourth-order valence-corrected chi connectivity index (χ4v) is 1.55. The molecule has 1 aromatic rings. The van der Waals surface area contributed by atoms with E-state index in [2.05, 4.69) is 36.3 Å². The molecule has 0 atom stereocenters. The smallest absolute Gasteiger partial charge is 0.126 e. The summed E-state index contributed by atoms with van der Waals surface area (Å²) >= 11 is 0. The van der Waals surface area contributed by atoms with Crippen molar-refractivity contribution in [1.29, 1.82) is 0 Å². The van der Waals surface area contributed by atoms with Crippen LogP contribution in [0.25, 0.3) is 0 Å². The second kappa shape index (κ2) is 7.28. The molecule has 17 heavy (non-hydrogen) atoms. The lowest BCUT2D eigenvalue weighted by Gasteiger charge is -2.26. The van der Waals surface area contributed by atoms with Crippen LogP contribution in [0.4, 0.5) is 5.82 Å². The first-order valence-electron chi connectivity index (χ1n) is 6.53. The van der Waals surface area contributed by atoms with Crippen LogP contribution in [-0.2, 0) is 4.74 Å². The third-order valence-corrected chi connectivity index (χ3v) is 2.73. The first kappa shape index (κ1) is 14.0. The summed E-state index contributed by atoms with van der Waals surface area (Å²) in [5.74, 6) is 2.20. The second-order valence-corrected chi connectivity index (χ2v) is 4.41. The Kier molecular flexibility index (Phi) is 5.98. The van der Waals surface area contributed by atoms with E-state index >= 15 is 0 Å². The van der Waals surface area contributed by atoms with Gasteiger partial charge in [-0.3, -0.25) is 0 Å². The zero-order chi connectivity index (χ0) is 12.7. The number of pyridine rings is 1. The number of rotatable bonds is 4. The molecule has 0 aromatic carbocycles. The molecule has 1 N–H and O–H groups in total. The van der Waals surface area contributed by atoms with Gasteiger partial charge >= 0.3 is 0 Å². The van der Waals surface area contributed by atoms with E-state index in [9.17, 15) is 0 Å². The zero-order valence-electron chi connectivity index (χ0n) is 11.4. The van der Waals surface area contributed by atoms with Gasteiger partial charge in [0.15, 0.2) is 0 Å². The lowest BCUT2D eigenvalue weighted by atomic mass is 10.0. The standard InChI is InChI=1S/C12H18N2O.C2H6/c1-9(2)11-3-4-13-12(5-11)14-6-10-7-15-8-10;1-2/h3-5,9-10H,6-8H2,1-2H3,(H,13,14);1-2H3. The van der Waals surface area contributed by atoms with Crippen molar-refractivity contribution in [3.8, 4) is 0 Å². The molecular formula is C14H24N2O. The monoisotopic (exact) mass is 236 g/mol. The van der Waals surface area contributed by atoms with Crippen LogP contribution < -0.4 is 5.32 Å². The summed E-state index contributed by atoms with van der Waals surface area (Å²) < 4.78 is 5.12. The fourth-order valence-electron chi connectivity index (χ4n) is 1.55. The third kappa shape index (κ3) is 4.35. The zero-order valence-corrected chi connectivity index (χ0v) is 11.4. The predicted octanol–water partition coefficient (Wildman–Crippen LogP) is 3.29. The minimum absolute atomic E-state index is 0.556. The van der Waals surface area contributed by atoms with Crippen molar-refractivity contribution >= 4 is 5.82 Å². The van der Waals surface area contributed by atoms with Crippen LogP contribution >= 0.6 is 0 Å². The predicted molar refractivity (Wildman–Crippen MR) is 72.5 cm³/mol. The van der Waals surface area contributed by atoms with Gasteiger partial charge in [0.25, 0.3) is 0 Å². The summed E-state index contributed by atoms with van der Waals surface area (Å²) in [6.45, 7) is 11.1. The van der Waals surface area contributed by atoms with E-state index in [-0.39, 0.29) is 0 Å². The fraction of sp³-hybridized carbons (Fsp3) is 0.643. The van der Waals surface area contributed by atoms with Gasteiger partial charge < -0.3 is 10.1 Å². The minimum Gasteiger partial charge on any atom is -0.381 e. The van der Waals surface area contributed by atoms with Crippen molar-refractivity contribution in [2.24, 2.45) is 5.92 Å². The molecular weight excluding hydrogens is 212 g/mol. The Labute approximate surface area is 105 Å². The maximum Gasteiger partial charge on any atom is 0.126 e. The van der Waals surface area contributed by atoms with Gasteiger partial charge in [-0.25, -0.2) is 4.98 Å². The first-order valence-corrected chi connectivity index (χ1v) is 6.53. The number of hydrogen-bond acceptors (Lipinski definition) is 3. The first-order chi connectivity index (χ1) is 8.25. The number of ether oxygens (including phenoxy) is 1. The Balaban J connectivity index is 0.000000686. The maximum absolute atomic E-state index is 5.12. The van der Waals surface area contributed by atoms with Gasteiger partial charge in [0.05, 0.1) is 13.2 Å². The summed E-state index contributed by atoms with van der Waals surface area (Å²) in [6.07, 6.45) is 1.87. The molecule has 96 valence electrons. The van der Waals surface area contributed by atoms with Crippen molar-refractivity contribution < 1.29 is 4.74 Å². The molecule has 0 radical (unpaired) electrons. The number of anilines is 1. The molecule has 2 rings (SSSR count). The van der Waals surface area contributed by atoms with Crippen LogP contribution in [-0.4, -0.2) is 24.7 Å². The average molecular weight is 236 g/mol. The molecule has 0 amide bonds. The molecule has 1 aliphatic rings. The van der Waals surface area contributed by atoms with Gasteiger partial charge in [0.1, 0.15) is 5.82 Å². The van der Waals surface area contributed by atoms with Gasteiger partial charge in [-0.15, -0.1) is 0 Å². The van der Waals surface area contributed by atoms with E-state index in [1.165, 1.54) is 5.56 Å². The number of hydrogen-bond donors (Lipinski definition) is 1. The van der Waals surface area contributed by atoms with Crippen molar-refractivity contribution in [1.82, 2.24) is 4.98 Å². The van der Waals surface area contributed by atoms with E-state index in [1.807, 2.05) is 20.0 Å². The normalized spacial score (nSPS) is 14.9. The van der Waals surface area contributed by atoms with Gasteiger partial charge in [-0.05, 0) is 23.6 Å². The third-order valence-electron chi connectivity index (χ3n) is 2.73. The molecule has 3 nitrogen and oxygen atoms in total. The van der Waals surface area contributed by atoms with E-state index < -0.39 is 0 Å². The van der Waals surface area contributed by atoms with Crippen molar-refractivity contribution in [3.63, 3.8) is 0 Å². The van der Waals surface area contributed by atoms with Crippen LogP contribution in [0.5, 0.6) is 0 Å². The summed E-state index contributed by atoms with van der Waals surface area (Å²) in [5.41, 5.74) is 1.33. The molecule has 2 heterocycles. The number of nitrogens with one attached hydrogen (secondary N) is 1. The Morgan fingerprint density at radius 2 is 2.12 bits per heavy atom. The van der Waals surface area contributed by atoms with Gasteiger partial charge in [-0.1, -0.05) is 27.7 Å². The Bertz CT molecular complexity index is 322. The minimum atomic E-state index is 0.556. The van der Waals surface area contributed by atoms with Crippen LogP contribution in [0, 0.1) is 5.92 Å². The molecule has 0 unspecified atom stereocenters. The highest BCUT2D eigenvalue weighted by molar-refractivity contribution is 5.38. The van der Waals surface area contributed by atoms with E-state index in [1.54, 1.807) is 0 Å². The van der Waals surface area contributed by atoms with E-state index in [4.69, 9.17) is 4.74 Å². The van der Waals surface area contributed by atoms with E-state index in [0.29, 0.717) is 11.8 Å². The lowest BCUT2D eigenvalue weighted by molar-refractivity contribution is -0.0248. The largest absolute Gasteiger partial charge is 0.381 e. The molecule has 1 saturated heterocycles. The van der Waals surface area contributed by atoms with Crippen LogP contribution in [0.3, 0.4) is 0 Å². The molecule has 0 aliphatic carbocycles. The lowest BCUT2D eigenvalue weighted by Crippen LogP contribution is -2.33. The molecule has 1 aliphatic heterocycles. The topological polar surface area (TPSA) is 34.2 Å². The molecule has 0 bridgehead atoms. The highest BCUT2D eigenvalue weighted by Gasteiger charge is 2.17. The number of aromatic nitrogens is 1. The highest BCUT2D eigenvalue weighted by Crippen LogP contribution is 2.17. The van der Waals surface area contributed by atoms with E-state index in [0.717, 1.165) is 25.6 Å². The SMILES string of the molecule is CC.CC(C)c1ccnc(NCC2COC2)c1. The summed E-state index contributed by atoms with van der Waals surface area (Å²) in [6, 6.07) is 4.20. The summed E-state index contributed by atoms with van der Waals surface area (Å²) in [7, 11) is 0. The van der Waals surface area contributed by atoms with Crippen LogP contribution in [0.2, 0.25) is 0 Å². The molecule has 1 fully saturated rings. The van der Waals surface area contributed by atoms with Crippen molar-refractivity contribution in [2.45, 2.75) is 33.6 Å². The molecule has 0 saturated carbocycles. The Hall–Kier alpha value is -1.09.